The van der Waals surface area contributed by atoms with E-state index in [-0.39, 0.29) is 18.0 Å². The number of imide groups is 1. The zero-order valence-corrected chi connectivity index (χ0v) is 7.04. The monoisotopic (exact) mass is 168 g/mol. The van der Waals surface area contributed by atoms with Crippen molar-refractivity contribution in [3.63, 3.8) is 0 Å². The highest BCUT2D eigenvalue weighted by atomic mass is 16.2. The van der Waals surface area contributed by atoms with Crippen LogP contribution < -0.4 is 5.32 Å². The van der Waals surface area contributed by atoms with E-state index in [1.807, 2.05) is 0 Å². The molecule has 1 aliphatic carbocycles. The van der Waals surface area contributed by atoms with Gasteiger partial charge in [-0.3, -0.25) is 9.69 Å². The van der Waals surface area contributed by atoms with Crippen LogP contribution in [-0.4, -0.2) is 29.9 Å². The van der Waals surface area contributed by atoms with Crippen LogP contribution >= 0.6 is 0 Å². The summed E-state index contributed by atoms with van der Waals surface area (Å²) in [6.45, 7) is 0. The van der Waals surface area contributed by atoms with E-state index in [1.165, 1.54) is 7.05 Å². The van der Waals surface area contributed by atoms with Gasteiger partial charge in [0.25, 0.3) is 0 Å². The van der Waals surface area contributed by atoms with Crippen LogP contribution in [0.2, 0.25) is 0 Å². The SMILES string of the molecule is CN1C(=O)CC(C2CC2)NC1=O. The number of amides is 3. The molecule has 12 heavy (non-hydrogen) atoms. The molecule has 1 unspecified atom stereocenters. The van der Waals surface area contributed by atoms with Gasteiger partial charge in [-0.1, -0.05) is 0 Å². The number of carbonyl (C=O) groups is 2. The normalized spacial score (nSPS) is 30.4. The van der Waals surface area contributed by atoms with Crippen LogP contribution in [0.15, 0.2) is 0 Å². The number of urea groups is 1. The van der Waals surface area contributed by atoms with E-state index in [0.717, 1.165) is 17.7 Å². The minimum Gasteiger partial charge on any atom is -0.334 e. The Kier molecular flexibility index (Phi) is 1.56. The molecule has 3 amide bonds. The summed E-state index contributed by atoms with van der Waals surface area (Å²) in [5.41, 5.74) is 0. The van der Waals surface area contributed by atoms with Gasteiger partial charge < -0.3 is 5.32 Å². The van der Waals surface area contributed by atoms with Crippen molar-refractivity contribution in [3.05, 3.63) is 0 Å². The maximum Gasteiger partial charge on any atom is 0.324 e. The predicted molar refractivity (Wildman–Crippen MR) is 42.4 cm³/mol. The third-order valence-electron chi connectivity index (χ3n) is 2.57. The number of hydrogen-bond donors (Lipinski definition) is 1. The van der Waals surface area contributed by atoms with Crippen LogP contribution in [0, 0.1) is 5.92 Å². The highest BCUT2D eigenvalue weighted by Crippen LogP contribution is 2.35. The maximum atomic E-state index is 11.2. The van der Waals surface area contributed by atoms with Gasteiger partial charge in [0, 0.05) is 19.5 Å². The van der Waals surface area contributed by atoms with E-state index in [4.69, 9.17) is 0 Å². The molecule has 0 radical (unpaired) electrons. The van der Waals surface area contributed by atoms with E-state index in [0.29, 0.717) is 12.3 Å². The first-order valence-corrected chi connectivity index (χ1v) is 4.25. The molecule has 1 N–H and O–H groups in total. The maximum absolute atomic E-state index is 11.2. The fraction of sp³-hybridized carbons (Fsp3) is 0.750. The minimum atomic E-state index is -0.247. The summed E-state index contributed by atoms with van der Waals surface area (Å²) in [6, 6.07) is -0.135. The molecule has 1 saturated carbocycles. The van der Waals surface area contributed by atoms with Crippen molar-refractivity contribution in [1.82, 2.24) is 10.2 Å². The van der Waals surface area contributed by atoms with E-state index in [9.17, 15) is 9.59 Å². The van der Waals surface area contributed by atoms with Gasteiger partial charge in [0.15, 0.2) is 0 Å². The second-order valence-corrected chi connectivity index (χ2v) is 3.55. The van der Waals surface area contributed by atoms with Crippen LogP contribution in [-0.2, 0) is 4.79 Å². The summed E-state index contributed by atoms with van der Waals surface area (Å²) >= 11 is 0. The van der Waals surface area contributed by atoms with Crippen LogP contribution in [0.5, 0.6) is 0 Å². The molecule has 0 aromatic heterocycles. The van der Waals surface area contributed by atoms with E-state index >= 15 is 0 Å². The van der Waals surface area contributed by atoms with Crippen LogP contribution in [0.1, 0.15) is 19.3 Å². The van der Waals surface area contributed by atoms with E-state index in [2.05, 4.69) is 5.32 Å². The molecule has 1 heterocycles. The zero-order chi connectivity index (χ0) is 8.72. The quantitative estimate of drug-likeness (QED) is 0.613. The Morgan fingerprint density at radius 1 is 1.42 bits per heavy atom. The molecule has 1 saturated heterocycles. The number of nitrogens with one attached hydrogen (secondary N) is 1. The zero-order valence-electron chi connectivity index (χ0n) is 7.04. The number of hydrogen-bond acceptors (Lipinski definition) is 2. The van der Waals surface area contributed by atoms with Gasteiger partial charge >= 0.3 is 6.03 Å². The third-order valence-corrected chi connectivity index (χ3v) is 2.57. The Morgan fingerprint density at radius 2 is 2.08 bits per heavy atom. The van der Waals surface area contributed by atoms with Gasteiger partial charge in [0.05, 0.1) is 0 Å². The molecule has 4 heteroatoms. The summed E-state index contributed by atoms with van der Waals surface area (Å²) in [5.74, 6) is 0.502. The smallest absolute Gasteiger partial charge is 0.324 e. The summed E-state index contributed by atoms with van der Waals surface area (Å²) in [7, 11) is 1.51. The highest BCUT2D eigenvalue weighted by molar-refractivity contribution is 5.97. The first-order chi connectivity index (χ1) is 5.68. The average Bonchev–Trinajstić information content (AvgIpc) is 2.81. The second kappa shape index (κ2) is 2.47. The Morgan fingerprint density at radius 3 is 2.58 bits per heavy atom. The van der Waals surface area contributed by atoms with Crippen molar-refractivity contribution in [2.24, 2.45) is 5.92 Å². The van der Waals surface area contributed by atoms with Gasteiger partial charge in [0.1, 0.15) is 0 Å². The lowest BCUT2D eigenvalue weighted by Crippen LogP contribution is -2.53. The molecular weight excluding hydrogens is 156 g/mol. The summed E-state index contributed by atoms with van der Waals surface area (Å²) in [5, 5.41) is 2.82. The molecule has 1 atom stereocenters. The Hall–Kier alpha value is -1.06. The van der Waals surface area contributed by atoms with E-state index in [1.54, 1.807) is 0 Å². The van der Waals surface area contributed by atoms with Crippen LogP contribution in [0.3, 0.4) is 0 Å². The molecule has 0 aromatic carbocycles. The fourth-order valence-electron chi connectivity index (χ4n) is 1.53. The fourth-order valence-corrected chi connectivity index (χ4v) is 1.53. The number of rotatable bonds is 1. The minimum absolute atomic E-state index is 0.0596. The summed E-state index contributed by atoms with van der Waals surface area (Å²) in [4.78, 5) is 23.5. The standard InChI is InChI=1S/C8H12N2O2/c1-10-7(11)4-6(5-2-3-5)9-8(10)12/h5-6H,2-4H2,1H3,(H,9,12). The topological polar surface area (TPSA) is 49.4 Å². The summed E-state index contributed by atoms with van der Waals surface area (Å²) in [6.07, 6.45) is 2.79. The molecule has 1 aliphatic heterocycles. The third kappa shape index (κ3) is 1.17. The van der Waals surface area contributed by atoms with Gasteiger partial charge in [0.2, 0.25) is 5.91 Å². The Labute approximate surface area is 70.9 Å². The lowest BCUT2D eigenvalue weighted by molar-refractivity contribution is -0.129. The van der Waals surface area contributed by atoms with Gasteiger partial charge in [-0.15, -0.1) is 0 Å². The molecule has 0 bridgehead atoms. The molecule has 2 aliphatic rings. The van der Waals surface area contributed by atoms with Gasteiger partial charge in [-0.2, -0.15) is 0 Å². The van der Waals surface area contributed by atoms with Gasteiger partial charge in [-0.05, 0) is 18.8 Å². The first kappa shape index (κ1) is 7.58. The number of nitrogens with zero attached hydrogens (tertiary/aromatic N) is 1. The van der Waals surface area contributed by atoms with Crippen molar-refractivity contribution < 1.29 is 9.59 Å². The lowest BCUT2D eigenvalue weighted by Gasteiger charge is -2.28. The molecule has 0 aromatic rings. The van der Waals surface area contributed by atoms with Crippen LogP contribution in [0.25, 0.3) is 0 Å². The molecule has 66 valence electrons. The molecule has 2 fully saturated rings. The van der Waals surface area contributed by atoms with Crippen molar-refractivity contribution in [2.45, 2.75) is 25.3 Å². The largest absolute Gasteiger partial charge is 0.334 e. The van der Waals surface area contributed by atoms with Crippen molar-refractivity contribution in [2.75, 3.05) is 7.05 Å². The van der Waals surface area contributed by atoms with Crippen molar-refractivity contribution in [1.29, 1.82) is 0 Å². The average molecular weight is 168 g/mol. The predicted octanol–water partition coefficient (Wildman–Crippen LogP) is 0.337. The Bertz CT molecular complexity index is 217. The first-order valence-electron chi connectivity index (χ1n) is 4.25. The lowest BCUT2D eigenvalue weighted by atomic mass is 10.1. The Balaban J connectivity index is 2.04. The molecule has 2 rings (SSSR count). The molecule has 0 spiro atoms. The highest BCUT2D eigenvalue weighted by Gasteiger charge is 2.38. The molecule has 4 nitrogen and oxygen atoms in total. The number of carbonyl (C=O) groups excluding carboxylic acids is 2. The van der Waals surface area contributed by atoms with E-state index < -0.39 is 0 Å². The van der Waals surface area contributed by atoms with Crippen LogP contribution in [0.4, 0.5) is 4.79 Å². The second-order valence-electron chi connectivity index (χ2n) is 3.55. The van der Waals surface area contributed by atoms with Crippen molar-refractivity contribution >= 4 is 11.9 Å². The molecular formula is C8H12N2O2. The van der Waals surface area contributed by atoms with Crippen molar-refractivity contribution in [3.8, 4) is 0 Å². The summed E-state index contributed by atoms with van der Waals surface area (Å²) < 4.78 is 0. The van der Waals surface area contributed by atoms with Gasteiger partial charge in [-0.25, -0.2) is 4.79 Å².